The lowest BCUT2D eigenvalue weighted by molar-refractivity contribution is -0.139. The Labute approximate surface area is 107 Å². The molecule has 0 saturated carbocycles. The van der Waals surface area contributed by atoms with Crippen molar-refractivity contribution in [2.45, 2.75) is 18.4 Å². The highest BCUT2D eigenvalue weighted by atomic mass is 32.1. The predicted molar refractivity (Wildman–Crippen MR) is 61.0 cm³/mol. The molecule has 0 aliphatic carbocycles. The van der Waals surface area contributed by atoms with Gasteiger partial charge >= 0.3 is 6.18 Å². The van der Waals surface area contributed by atoms with E-state index in [0.717, 1.165) is 12.1 Å². The van der Waals surface area contributed by atoms with Gasteiger partial charge in [0.2, 0.25) is 0 Å². The van der Waals surface area contributed by atoms with Gasteiger partial charge in [0.1, 0.15) is 6.10 Å². The van der Waals surface area contributed by atoms with Gasteiger partial charge in [-0.15, -0.1) is 0 Å². The number of halogens is 3. The molecule has 0 radical (unpaired) electrons. The molecule has 0 aromatic heterocycles. The summed E-state index contributed by atoms with van der Waals surface area (Å²) < 4.78 is 38.3. The fourth-order valence-corrected chi connectivity index (χ4v) is 1.64. The Bertz CT molecular complexity index is 470. The van der Waals surface area contributed by atoms with Gasteiger partial charge in [-0.25, -0.2) is 0 Å². The minimum absolute atomic E-state index is 0.168. The molecule has 0 aliphatic rings. The van der Waals surface area contributed by atoms with Gasteiger partial charge in [-0.1, -0.05) is 6.07 Å². The van der Waals surface area contributed by atoms with Crippen LogP contribution in [-0.2, 0) is 6.18 Å². The van der Waals surface area contributed by atoms with Gasteiger partial charge in [0.15, 0.2) is 0 Å². The number of aliphatic hydroxyl groups is 2. The number of thiol groups is 1. The molecule has 2 N–H and O–H groups in total. The van der Waals surface area contributed by atoms with Crippen LogP contribution in [0.5, 0.6) is 0 Å². The summed E-state index contributed by atoms with van der Waals surface area (Å²) in [5.41, 5.74) is -1.77. The average Bonchev–Trinajstić information content (AvgIpc) is 2.35. The van der Waals surface area contributed by atoms with Crippen LogP contribution >= 0.6 is 12.6 Å². The molecule has 1 rings (SSSR count). The van der Waals surface area contributed by atoms with Crippen LogP contribution in [0.25, 0.3) is 0 Å². The first-order valence-corrected chi connectivity index (χ1v) is 5.52. The Morgan fingerprint density at radius 3 is 2.39 bits per heavy atom. The molecule has 98 valence electrons. The summed E-state index contributed by atoms with van der Waals surface area (Å²) >= 11 is 3.71. The molecule has 7 heteroatoms. The summed E-state index contributed by atoms with van der Waals surface area (Å²) in [6.45, 7) is 0. The zero-order chi connectivity index (χ0) is 13.9. The van der Waals surface area contributed by atoms with E-state index < -0.39 is 29.5 Å². The average molecular weight is 277 g/mol. The minimum atomic E-state index is -4.71. The van der Waals surface area contributed by atoms with E-state index >= 15 is 0 Å². The molecule has 1 aromatic rings. The van der Waals surface area contributed by atoms with Crippen molar-refractivity contribution < 1.29 is 23.4 Å². The van der Waals surface area contributed by atoms with E-state index in [4.69, 9.17) is 5.26 Å². The molecule has 18 heavy (non-hydrogen) atoms. The first-order chi connectivity index (χ1) is 8.31. The van der Waals surface area contributed by atoms with Crippen LogP contribution in [0.3, 0.4) is 0 Å². The second kappa shape index (κ2) is 5.61. The fraction of sp³-hybridized carbons (Fsp3) is 0.364. The van der Waals surface area contributed by atoms with Gasteiger partial charge in [0.05, 0.1) is 23.3 Å². The first-order valence-electron chi connectivity index (χ1n) is 4.89. The molecule has 0 fully saturated rings. The van der Waals surface area contributed by atoms with E-state index in [1.807, 2.05) is 0 Å². The number of benzene rings is 1. The van der Waals surface area contributed by atoms with Gasteiger partial charge in [0.25, 0.3) is 0 Å². The summed E-state index contributed by atoms with van der Waals surface area (Å²) in [7, 11) is 0. The van der Waals surface area contributed by atoms with E-state index in [-0.39, 0.29) is 11.3 Å². The quantitative estimate of drug-likeness (QED) is 0.739. The summed E-state index contributed by atoms with van der Waals surface area (Å²) in [6.07, 6.45) is -7.83. The Morgan fingerprint density at radius 2 is 1.94 bits per heavy atom. The maximum absolute atomic E-state index is 12.8. The highest BCUT2D eigenvalue weighted by Crippen LogP contribution is 2.36. The fourth-order valence-electron chi connectivity index (χ4n) is 1.44. The molecule has 0 amide bonds. The second-order valence-electron chi connectivity index (χ2n) is 3.61. The minimum Gasteiger partial charge on any atom is -0.389 e. The third-order valence-electron chi connectivity index (χ3n) is 2.36. The smallest absolute Gasteiger partial charge is 0.389 e. The Hall–Kier alpha value is -1.23. The number of nitriles is 1. The van der Waals surface area contributed by atoms with Gasteiger partial charge in [-0.05, 0) is 17.7 Å². The number of rotatable bonds is 3. The number of alkyl halides is 3. The summed E-state index contributed by atoms with van der Waals surface area (Å²) in [6, 6.07) is 4.37. The van der Waals surface area contributed by atoms with E-state index in [2.05, 4.69) is 12.6 Å². The number of hydrogen-bond donors (Lipinski definition) is 3. The van der Waals surface area contributed by atoms with Crippen LogP contribution in [0.1, 0.15) is 22.8 Å². The molecule has 0 bridgehead atoms. The van der Waals surface area contributed by atoms with Crippen molar-refractivity contribution in [3.63, 3.8) is 0 Å². The maximum Gasteiger partial charge on any atom is 0.416 e. The molecule has 0 saturated heterocycles. The number of hydrogen-bond acceptors (Lipinski definition) is 4. The standard InChI is InChI=1S/C11H10F3NO2S/c12-11(13,14)8-3-6(4-15)1-2-7(8)10(17)9(16)5-18/h1-3,9-10,16-18H,5H2. The van der Waals surface area contributed by atoms with Crippen molar-refractivity contribution in [2.75, 3.05) is 5.75 Å². The van der Waals surface area contributed by atoms with Crippen molar-refractivity contribution in [2.24, 2.45) is 0 Å². The lowest BCUT2D eigenvalue weighted by atomic mass is 9.97. The first kappa shape index (κ1) is 14.8. The van der Waals surface area contributed by atoms with Crippen molar-refractivity contribution in [3.05, 3.63) is 34.9 Å². The van der Waals surface area contributed by atoms with Crippen LogP contribution in [0.4, 0.5) is 13.2 Å². The van der Waals surface area contributed by atoms with E-state index in [1.54, 1.807) is 6.07 Å². The van der Waals surface area contributed by atoms with Crippen LogP contribution in [-0.4, -0.2) is 22.1 Å². The molecule has 0 aliphatic heterocycles. The SMILES string of the molecule is N#Cc1ccc(C(O)C(O)CS)c(C(F)(F)F)c1. The topological polar surface area (TPSA) is 64.2 Å². The largest absolute Gasteiger partial charge is 0.416 e. The monoisotopic (exact) mass is 277 g/mol. The van der Waals surface area contributed by atoms with Gasteiger partial charge in [-0.3, -0.25) is 0 Å². The van der Waals surface area contributed by atoms with Crippen molar-refractivity contribution in [1.82, 2.24) is 0 Å². The molecule has 1 aromatic carbocycles. The molecule has 2 unspecified atom stereocenters. The number of aliphatic hydroxyl groups excluding tert-OH is 2. The highest BCUT2D eigenvalue weighted by molar-refractivity contribution is 7.80. The predicted octanol–water partition coefficient (Wildman–Crippen LogP) is 1.90. The van der Waals surface area contributed by atoms with Crippen LogP contribution < -0.4 is 0 Å². The van der Waals surface area contributed by atoms with E-state index in [0.29, 0.717) is 6.07 Å². The zero-order valence-electron chi connectivity index (χ0n) is 9.02. The highest BCUT2D eigenvalue weighted by Gasteiger charge is 2.36. The molecular weight excluding hydrogens is 267 g/mol. The zero-order valence-corrected chi connectivity index (χ0v) is 9.91. The Balaban J connectivity index is 3.32. The maximum atomic E-state index is 12.8. The molecule has 3 nitrogen and oxygen atoms in total. The van der Waals surface area contributed by atoms with E-state index in [9.17, 15) is 23.4 Å². The third kappa shape index (κ3) is 3.16. The molecule has 0 heterocycles. The lowest BCUT2D eigenvalue weighted by Crippen LogP contribution is -2.23. The summed E-state index contributed by atoms with van der Waals surface area (Å²) in [5.74, 6) is -0.182. The van der Waals surface area contributed by atoms with Crippen LogP contribution in [0.2, 0.25) is 0 Å². The normalized spacial score (nSPS) is 14.9. The summed E-state index contributed by atoms with van der Waals surface area (Å²) in [5, 5.41) is 27.5. The Kier molecular flexibility index (Phi) is 4.62. The summed E-state index contributed by atoms with van der Waals surface area (Å²) in [4.78, 5) is 0. The number of nitrogens with zero attached hydrogens (tertiary/aromatic N) is 1. The lowest BCUT2D eigenvalue weighted by Gasteiger charge is -2.20. The van der Waals surface area contributed by atoms with Crippen LogP contribution in [0.15, 0.2) is 18.2 Å². The van der Waals surface area contributed by atoms with Gasteiger partial charge in [0, 0.05) is 5.75 Å². The molecular formula is C11H10F3NO2S. The molecule has 2 atom stereocenters. The van der Waals surface area contributed by atoms with Crippen molar-refractivity contribution >= 4 is 12.6 Å². The van der Waals surface area contributed by atoms with Gasteiger partial charge in [-0.2, -0.15) is 31.1 Å². The van der Waals surface area contributed by atoms with E-state index in [1.165, 1.54) is 0 Å². The van der Waals surface area contributed by atoms with Crippen molar-refractivity contribution in [1.29, 1.82) is 5.26 Å². The van der Waals surface area contributed by atoms with Gasteiger partial charge < -0.3 is 10.2 Å². The van der Waals surface area contributed by atoms with Crippen molar-refractivity contribution in [3.8, 4) is 6.07 Å². The van der Waals surface area contributed by atoms with Crippen LogP contribution in [0, 0.1) is 11.3 Å². The third-order valence-corrected chi connectivity index (χ3v) is 2.73. The molecule has 0 spiro atoms. The Morgan fingerprint density at radius 1 is 1.33 bits per heavy atom. The second-order valence-corrected chi connectivity index (χ2v) is 3.97.